The topological polar surface area (TPSA) is 50.4 Å². The third kappa shape index (κ3) is 3.95. The van der Waals surface area contributed by atoms with Gasteiger partial charge in [-0.25, -0.2) is 9.18 Å². The molecule has 2 aromatic rings. The first-order valence-corrected chi connectivity index (χ1v) is 6.66. The maximum Gasteiger partial charge on any atom is 0.323 e. The Labute approximate surface area is 122 Å². The van der Waals surface area contributed by atoms with Gasteiger partial charge in [-0.15, -0.1) is 0 Å². The molecule has 110 valence electrons. The highest BCUT2D eigenvalue weighted by Crippen LogP contribution is 2.24. The Morgan fingerprint density at radius 2 is 1.86 bits per heavy atom. The van der Waals surface area contributed by atoms with E-state index in [1.54, 1.807) is 31.2 Å². The molecule has 0 heterocycles. The van der Waals surface area contributed by atoms with Crippen LogP contribution in [0.1, 0.15) is 12.5 Å². The van der Waals surface area contributed by atoms with E-state index in [9.17, 15) is 9.18 Å². The molecule has 0 spiro atoms. The van der Waals surface area contributed by atoms with Crippen molar-refractivity contribution in [2.75, 3.05) is 17.2 Å². The minimum Gasteiger partial charge on any atom is -0.492 e. The van der Waals surface area contributed by atoms with Crippen molar-refractivity contribution in [3.63, 3.8) is 0 Å². The number of ether oxygens (including phenoxy) is 1. The van der Waals surface area contributed by atoms with Crippen molar-refractivity contribution in [1.29, 1.82) is 0 Å². The summed E-state index contributed by atoms with van der Waals surface area (Å²) in [4.78, 5) is 12.0. The van der Waals surface area contributed by atoms with E-state index in [2.05, 4.69) is 10.6 Å². The van der Waals surface area contributed by atoms with Crippen molar-refractivity contribution in [3.8, 4) is 5.75 Å². The van der Waals surface area contributed by atoms with Crippen LogP contribution < -0.4 is 15.4 Å². The van der Waals surface area contributed by atoms with Crippen molar-refractivity contribution in [3.05, 3.63) is 53.8 Å². The lowest BCUT2D eigenvalue weighted by molar-refractivity contribution is 0.262. The highest BCUT2D eigenvalue weighted by atomic mass is 19.1. The fraction of sp³-hybridized carbons (Fsp3) is 0.188. The molecular weight excluding hydrogens is 271 g/mol. The van der Waals surface area contributed by atoms with E-state index < -0.39 is 11.8 Å². The molecule has 5 heteroatoms. The Hall–Kier alpha value is -2.56. The van der Waals surface area contributed by atoms with Gasteiger partial charge >= 0.3 is 6.03 Å². The summed E-state index contributed by atoms with van der Waals surface area (Å²) < 4.78 is 18.6. The lowest BCUT2D eigenvalue weighted by Gasteiger charge is -2.13. The van der Waals surface area contributed by atoms with Crippen molar-refractivity contribution in [1.82, 2.24) is 0 Å². The van der Waals surface area contributed by atoms with Crippen LogP contribution in [0.15, 0.2) is 42.5 Å². The molecule has 0 radical (unpaired) electrons. The number of nitrogens with one attached hydrogen (secondary N) is 2. The minimum atomic E-state index is -0.448. The zero-order chi connectivity index (χ0) is 15.2. The molecule has 2 aromatic carbocycles. The molecule has 0 aliphatic heterocycles. The molecule has 2 N–H and O–H groups in total. The fourth-order valence-electron chi connectivity index (χ4n) is 1.86. The van der Waals surface area contributed by atoms with Crippen molar-refractivity contribution in [2.45, 2.75) is 13.8 Å². The van der Waals surface area contributed by atoms with E-state index in [0.717, 1.165) is 5.56 Å². The van der Waals surface area contributed by atoms with Gasteiger partial charge in [0, 0.05) is 5.69 Å². The molecule has 0 unspecified atom stereocenters. The summed E-state index contributed by atoms with van der Waals surface area (Å²) in [7, 11) is 0. The number of para-hydroxylation sites is 2. The zero-order valence-electron chi connectivity index (χ0n) is 11.9. The molecule has 0 bridgehead atoms. The Morgan fingerprint density at radius 1 is 1.14 bits per heavy atom. The van der Waals surface area contributed by atoms with E-state index >= 15 is 0 Å². The molecule has 0 saturated carbocycles. The zero-order valence-corrected chi connectivity index (χ0v) is 11.9. The van der Waals surface area contributed by atoms with Gasteiger partial charge < -0.3 is 15.4 Å². The number of urea groups is 1. The lowest BCUT2D eigenvalue weighted by Crippen LogP contribution is -2.20. The average Bonchev–Trinajstić information content (AvgIpc) is 2.45. The minimum absolute atomic E-state index is 0.398. The fourth-order valence-corrected chi connectivity index (χ4v) is 1.86. The van der Waals surface area contributed by atoms with E-state index in [0.29, 0.717) is 23.7 Å². The van der Waals surface area contributed by atoms with Crippen molar-refractivity contribution >= 4 is 17.4 Å². The molecule has 2 amide bonds. The van der Waals surface area contributed by atoms with Crippen LogP contribution in [0, 0.1) is 12.7 Å². The summed E-state index contributed by atoms with van der Waals surface area (Å²) in [6.07, 6.45) is 0. The number of rotatable bonds is 4. The van der Waals surface area contributed by atoms with Gasteiger partial charge in [0.2, 0.25) is 0 Å². The number of anilines is 2. The maximum absolute atomic E-state index is 13.2. The third-order valence-corrected chi connectivity index (χ3v) is 2.88. The van der Waals surface area contributed by atoms with E-state index in [1.165, 1.54) is 12.1 Å². The lowest BCUT2D eigenvalue weighted by atomic mass is 10.2. The van der Waals surface area contributed by atoms with Gasteiger partial charge in [-0.1, -0.05) is 18.2 Å². The Bertz CT molecular complexity index is 644. The molecule has 4 nitrogen and oxygen atoms in total. The van der Waals surface area contributed by atoms with Crippen LogP contribution in [0.25, 0.3) is 0 Å². The van der Waals surface area contributed by atoms with E-state index in [-0.39, 0.29) is 0 Å². The molecule has 0 atom stereocenters. The summed E-state index contributed by atoms with van der Waals surface area (Å²) in [5, 5.41) is 5.32. The molecular formula is C16H17FN2O2. The predicted molar refractivity (Wildman–Crippen MR) is 81.4 cm³/mol. The number of benzene rings is 2. The predicted octanol–water partition coefficient (Wildman–Crippen LogP) is 4.18. The second-order valence-corrected chi connectivity index (χ2v) is 4.47. The van der Waals surface area contributed by atoms with Crippen LogP contribution in [-0.4, -0.2) is 12.6 Å². The average molecular weight is 288 g/mol. The first kappa shape index (κ1) is 14.8. The number of hydrogen-bond donors (Lipinski definition) is 2. The largest absolute Gasteiger partial charge is 0.492 e. The number of hydrogen-bond acceptors (Lipinski definition) is 2. The van der Waals surface area contributed by atoms with Gasteiger partial charge in [0.05, 0.1) is 12.3 Å². The highest BCUT2D eigenvalue weighted by Gasteiger charge is 2.09. The summed E-state index contributed by atoms with van der Waals surface area (Å²) >= 11 is 0. The standard InChI is InChI=1S/C16H17FN2O2/c1-3-21-15-7-5-4-6-13(15)18-16(20)19-14-10-12(17)9-8-11(14)2/h4-10H,3H2,1-2H3,(H2,18,19,20). The summed E-state index contributed by atoms with van der Waals surface area (Å²) in [6.45, 7) is 4.17. The molecule has 0 fully saturated rings. The number of aryl methyl sites for hydroxylation is 1. The molecule has 0 aromatic heterocycles. The third-order valence-electron chi connectivity index (χ3n) is 2.88. The van der Waals surface area contributed by atoms with Gasteiger partial charge in [0.25, 0.3) is 0 Å². The molecule has 0 saturated heterocycles. The highest BCUT2D eigenvalue weighted by molar-refractivity contribution is 6.01. The van der Waals surface area contributed by atoms with Crippen LogP contribution in [0.2, 0.25) is 0 Å². The van der Waals surface area contributed by atoms with Crippen molar-refractivity contribution < 1.29 is 13.9 Å². The van der Waals surface area contributed by atoms with Crippen LogP contribution >= 0.6 is 0 Å². The van der Waals surface area contributed by atoms with Gasteiger partial charge in [0.15, 0.2) is 0 Å². The molecule has 0 aliphatic carbocycles. The van der Waals surface area contributed by atoms with Gasteiger partial charge in [-0.2, -0.15) is 0 Å². The van der Waals surface area contributed by atoms with Gasteiger partial charge in [-0.3, -0.25) is 0 Å². The van der Waals surface area contributed by atoms with Crippen LogP contribution in [0.3, 0.4) is 0 Å². The Kier molecular flexibility index (Phi) is 4.77. The van der Waals surface area contributed by atoms with Gasteiger partial charge in [0.1, 0.15) is 11.6 Å². The summed E-state index contributed by atoms with van der Waals surface area (Å²) in [5.74, 6) is 0.191. The van der Waals surface area contributed by atoms with E-state index in [1.807, 2.05) is 13.0 Å². The molecule has 2 rings (SSSR count). The quantitative estimate of drug-likeness (QED) is 0.886. The first-order chi connectivity index (χ1) is 10.1. The maximum atomic E-state index is 13.2. The number of carbonyl (C=O) groups is 1. The number of halogens is 1. The van der Waals surface area contributed by atoms with Crippen molar-refractivity contribution in [2.24, 2.45) is 0 Å². The number of amides is 2. The van der Waals surface area contributed by atoms with Crippen LogP contribution in [-0.2, 0) is 0 Å². The summed E-state index contributed by atoms with van der Waals surface area (Å²) in [5.41, 5.74) is 1.77. The van der Waals surface area contributed by atoms with E-state index in [4.69, 9.17) is 4.74 Å². The first-order valence-electron chi connectivity index (χ1n) is 6.66. The molecule has 21 heavy (non-hydrogen) atoms. The summed E-state index contributed by atoms with van der Waals surface area (Å²) in [6, 6.07) is 10.9. The Balaban J connectivity index is 2.10. The second kappa shape index (κ2) is 6.74. The van der Waals surface area contributed by atoms with Crippen LogP contribution in [0.4, 0.5) is 20.6 Å². The number of carbonyl (C=O) groups excluding carboxylic acids is 1. The van der Waals surface area contributed by atoms with Gasteiger partial charge in [-0.05, 0) is 43.7 Å². The monoisotopic (exact) mass is 288 g/mol. The SMILES string of the molecule is CCOc1ccccc1NC(=O)Nc1cc(F)ccc1C. The second-order valence-electron chi connectivity index (χ2n) is 4.47. The van der Waals surface area contributed by atoms with Crippen LogP contribution in [0.5, 0.6) is 5.75 Å². The smallest absolute Gasteiger partial charge is 0.323 e. The normalized spacial score (nSPS) is 10.0. The molecule has 0 aliphatic rings. The Morgan fingerprint density at radius 3 is 2.62 bits per heavy atom.